The number of para-hydroxylation sites is 1. The molecule has 1 aliphatic heterocycles. The van der Waals surface area contributed by atoms with Crippen molar-refractivity contribution in [2.45, 2.75) is 31.2 Å². The minimum atomic E-state index is 0.103. The lowest BCUT2D eigenvalue weighted by atomic mass is 9.64. The fraction of sp³-hybridized carbons (Fsp3) is 0.409. The SMILES string of the molecule is O=C(CN1CCOc2ccccc2C1)NCC1(c2ccccc2)CCC1. The summed E-state index contributed by atoms with van der Waals surface area (Å²) < 4.78 is 5.79. The average Bonchev–Trinajstić information content (AvgIpc) is 2.83. The molecule has 0 radical (unpaired) electrons. The molecule has 2 aliphatic rings. The normalized spacial score (nSPS) is 18.8. The predicted octanol–water partition coefficient (Wildman–Crippen LogP) is 3.12. The first-order valence-corrected chi connectivity index (χ1v) is 9.50. The van der Waals surface area contributed by atoms with E-state index in [-0.39, 0.29) is 11.3 Å². The van der Waals surface area contributed by atoms with Crippen LogP contribution < -0.4 is 10.1 Å². The number of amides is 1. The Bertz CT molecular complexity index is 756. The van der Waals surface area contributed by atoms with E-state index in [1.165, 1.54) is 12.0 Å². The van der Waals surface area contributed by atoms with Gasteiger partial charge >= 0.3 is 0 Å². The van der Waals surface area contributed by atoms with Gasteiger partial charge in [0.25, 0.3) is 0 Å². The van der Waals surface area contributed by atoms with Crippen LogP contribution in [0.25, 0.3) is 0 Å². The first kappa shape index (κ1) is 17.1. The minimum Gasteiger partial charge on any atom is -0.492 e. The van der Waals surface area contributed by atoms with Gasteiger partial charge in [-0.25, -0.2) is 0 Å². The lowest BCUT2D eigenvalue weighted by Gasteiger charge is -2.42. The molecule has 26 heavy (non-hydrogen) atoms. The van der Waals surface area contributed by atoms with E-state index < -0.39 is 0 Å². The third-order valence-electron chi connectivity index (χ3n) is 5.72. The van der Waals surface area contributed by atoms with Crippen molar-refractivity contribution in [2.75, 3.05) is 26.2 Å². The number of ether oxygens (including phenoxy) is 1. The van der Waals surface area contributed by atoms with E-state index in [2.05, 4.69) is 40.5 Å². The molecular formula is C22H26N2O2. The predicted molar refractivity (Wildman–Crippen MR) is 102 cm³/mol. The molecular weight excluding hydrogens is 324 g/mol. The molecule has 0 bridgehead atoms. The maximum Gasteiger partial charge on any atom is 0.234 e. The van der Waals surface area contributed by atoms with Gasteiger partial charge in [-0.05, 0) is 24.5 Å². The Morgan fingerprint density at radius 3 is 2.62 bits per heavy atom. The van der Waals surface area contributed by atoms with Crippen molar-refractivity contribution in [1.29, 1.82) is 0 Å². The second-order valence-corrected chi connectivity index (χ2v) is 7.44. The average molecular weight is 350 g/mol. The Balaban J connectivity index is 1.34. The van der Waals surface area contributed by atoms with Crippen LogP contribution in [0.4, 0.5) is 0 Å². The number of nitrogens with one attached hydrogen (secondary N) is 1. The number of nitrogens with zero attached hydrogens (tertiary/aromatic N) is 1. The fourth-order valence-electron chi connectivity index (χ4n) is 4.00. The zero-order valence-electron chi connectivity index (χ0n) is 15.1. The van der Waals surface area contributed by atoms with Crippen LogP contribution in [-0.2, 0) is 16.8 Å². The summed E-state index contributed by atoms with van der Waals surface area (Å²) in [5.41, 5.74) is 2.63. The third-order valence-corrected chi connectivity index (χ3v) is 5.72. The van der Waals surface area contributed by atoms with Gasteiger partial charge in [0.2, 0.25) is 5.91 Å². The lowest BCUT2D eigenvalue weighted by Crippen LogP contribution is -2.48. The van der Waals surface area contributed by atoms with Crippen molar-refractivity contribution in [3.05, 3.63) is 65.7 Å². The van der Waals surface area contributed by atoms with Crippen LogP contribution in [0.2, 0.25) is 0 Å². The highest BCUT2D eigenvalue weighted by molar-refractivity contribution is 5.78. The standard InChI is InChI=1S/C22H26N2O2/c25-21(16-24-13-14-26-20-10-5-4-7-18(20)15-24)23-17-22(11-6-12-22)19-8-2-1-3-9-19/h1-5,7-10H,6,11-17H2,(H,23,25). The van der Waals surface area contributed by atoms with Gasteiger partial charge in [-0.1, -0.05) is 55.0 Å². The fourth-order valence-corrected chi connectivity index (χ4v) is 4.00. The molecule has 1 N–H and O–H groups in total. The number of fused-ring (bicyclic) bond motifs is 1. The van der Waals surface area contributed by atoms with Gasteiger partial charge in [-0.3, -0.25) is 9.69 Å². The first-order valence-electron chi connectivity index (χ1n) is 9.50. The molecule has 1 heterocycles. The quantitative estimate of drug-likeness (QED) is 0.901. The molecule has 4 rings (SSSR count). The van der Waals surface area contributed by atoms with Crippen LogP contribution in [0.15, 0.2) is 54.6 Å². The minimum absolute atomic E-state index is 0.103. The maximum atomic E-state index is 12.6. The number of rotatable bonds is 5. The summed E-state index contributed by atoms with van der Waals surface area (Å²) in [6.07, 6.45) is 3.55. The van der Waals surface area contributed by atoms with E-state index in [1.54, 1.807) is 0 Å². The van der Waals surface area contributed by atoms with Gasteiger partial charge in [0.15, 0.2) is 0 Å². The van der Waals surface area contributed by atoms with Gasteiger partial charge in [-0.15, -0.1) is 0 Å². The highest BCUT2D eigenvalue weighted by Gasteiger charge is 2.38. The highest BCUT2D eigenvalue weighted by atomic mass is 16.5. The Kier molecular flexibility index (Phi) is 4.93. The maximum absolute atomic E-state index is 12.6. The molecule has 1 amide bonds. The summed E-state index contributed by atoms with van der Waals surface area (Å²) in [5.74, 6) is 1.04. The van der Waals surface area contributed by atoms with Crippen LogP contribution in [0.1, 0.15) is 30.4 Å². The molecule has 2 aromatic carbocycles. The van der Waals surface area contributed by atoms with Crippen molar-refractivity contribution < 1.29 is 9.53 Å². The summed E-state index contributed by atoms with van der Waals surface area (Å²) in [6.45, 7) is 3.30. The van der Waals surface area contributed by atoms with Crippen molar-refractivity contribution >= 4 is 5.91 Å². The van der Waals surface area contributed by atoms with Crippen molar-refractivity contribution in [2.24, 2.45) is 0 Å². The summed E-state index contributed by atoms with van der Waals surface area (Å²) >= 11 is 0. The van der Waals surface area contributed by atoms with Gasteiger partial charge in [0.1, 0.15) is 12.4 Å². The summed E-state index contributed by atoms with van der Waals surface area (Å²) in [6, 6.07) is 18.7. The third kappa shape index (κ3) is 3.61. The molecule has 4 heteroatoms. The Hall–Kier alpha value is -2.33. The number of hydrogen-bond donors (Lipinski definition) is 1. The van der Waals surface area contributed by atoms with E-state index in [1.807, 2.05) is 24.3 Å². The zero-order valence-corrected chi connectivity index (χ0v) is 15.1. The number of benzene rings is 2. The topological polar surface area (TPSA) is 41.6 Å². The van der Waals surface area contributed by atoms with Crippen molar-refractivity contribution in [3.8, 4) is 5.75 Å². The van der Waals surface area contributed by atoms with Crippen LogP contribution in [0.5, 0.6) is 5.75 Å². The van der Waals surface area contributed by atoms with Crippen molar-refractivity contribution in [1.82, 2.24) is 10.2 Å². The molecule has 1 fully saturated rings. The molecule has 2 aromatic rings. The Labute approximate surface area is 155 Å². The smallest absolute Gasteiger partial charge is 0.234 e. The van der Waals surface area contributed by atoms with Gasteiger partial charge in [-0.2, -0.15) is 0 Å². The van der Waals surface area contributed by atoms with E-state index in [0.717, 1.165) is 43.8 Å². The molecule has 0 saturated heterocycles. The molecule has 4 nitrogen and oxygen atoms in total. The second-order valence-electron chi connectivity index (χ2n) is 7.44. The number of carbonyl (C=O) groups excluding carboxylic acids is 1. The second kappa shape index (κ2) is 7.50. The molecule has 0 atom stereocenters. The monoisotopic (exact) mass is 350 g/mol. The van der Waals surface area contributed by atoms with Crippen LogP contribution >= 0.6 is 0 Å². The van der Waals surface area contributed by atoms with Gasteiger partial charge < -0.3 is 10.1 Å². The zero-order chi connectivity index (χ0) is 17.8. The number of hydrogen-bond acceptors (Lipinski definition) is 3. The molecule has 0 spiro atoms. The summed E-state index contributed by atoms with van der Waals surface area (Å²) in [7, 11) is 0. The first-order chi connectivity index (χ1) is 12.8. The van der Waals surface area contributed by atoms with Crippen LogP contribution in [-0.4, -0.2) is 37.0 Å². The largest absolute Gasteiger partial charge is 0.492 e. The van der Waals surface area contributed by atoms with Crippen LogP contribution in [0.3, 0.4) is 0 Å². The van der Waals surface area contributed by atoms with E-state index >= 15 is 0 Å². The van der Waals surface area contributed by atoms with Crippen molar-refractivity contribution in [3.63, 3.8) is 0 Å². The molecule has 0 unspecified atom stereocenters. The summed E-state index contributed by atoms with van der Waals surface area (Å²) in [4.78, 5) is 14.7. The number of carbonyl (C=O) groups is 1. The molecule has 1 saturated carbocycles. The van der Waals surface area contributed by atoms with E-state index in [4.69, 9.17) is 4.74 Å². The van der Waals surface area contributed by atoms with Gasteiger partial charge in [0.05, 0.1) is 6.54 Å². The Morgan fingerprint density at radius 1 is 1.08 bits per heavy atom. The molecule has 0 aromatic heterocycles. The lowest BCUT2D eigenvalue weighted by molar-refractivity contribution is -0.122. The highest BCUT2D eigenvalue weighted by Crippen LogP contribution is 2.43. The molecule has 1 aliphatic carbocycles. The van der Waals surface area contributed by atoms with E-state index in [0.29, 0.717) is 13.2 Å². The summed E-state index contributed by atoms with van der Waals surface area (Å²) in [5, 5.41) is 3.19. The molecule has 136 valence electrons. The van der Waals surface area contributed by atoms with Gasteiger partial charge in [0, 0.05) is 30.6 Å². The van der Waals surface area contributed by atoms with E-state index in [9.17, 15) is 4.79 Å². The van der Waals surface area contributed by atoms with Crippen LogP contribution in [0, 0.1) is 0 Å². The Morgan fingerprint density at radius 2 is 1.85 bits per heavy atom.